The minimum absolute atomic E-state index is 0.0493. The summed E-state index contributed by atoms with van der Waals surface area (Å²) in [5.74, 6) is -0.800. The molecule has 0 aliphatic rings. The van der Waals surface area contributed by atoms with E-state index in [9.17, 15) is 23.1 Å². The quantitative estimate of drug-likeness (QED) is 0.162. The summed E-state index contributed by atoms with van der Waals surface area (Å²) in [5, 5.41) is 21.0. The zero-order valence-corrected chi connectivity index (χ0v) is 26.5. The minimum Gasteiger partial charge on any atom is -0.389 e. The van der Waals surface area contributed by atoms with E-state index < -0.39 is 34.0 Å². The van der Waals surface area contributed by atoms with E-state index in [2.05, 4.69) is 20.5 Å². The third kappa shape index (κ3) is 9.40. The molecule has 0 unspecified atom stereocenters. The molecule has 4 rings (SSSR count). The summed E-state index contributed by atoms with van der Waals surface area (Å²) < 4.78 is 32.6. The standard InChI is InChI=1S/C33H39N5O6S/c1-5-45(42,43)37-28-19-26(32(40)34-23(3)25-14-10-7-11-15-25)18-27(20-28)33(41)35-29(17-24-12-8-6-9-13-24)30(39)21-38(4)31-16-22(2)36-44-31/h6-16,18-20,23,29-30,37,39H,5,17,21H2,1-4H3,(H,34,40)(H,35,41)/t23-,29+,30-/m1/s1. The van der Waals surface area contributed by atoms with Crippen molar-refractivity contribution in [2.24, 2.45) is 0 Å². The van der Waals surface area contributed by atoms with Gasteiger partial charge >= 0.3 is 0 Å². The van der Waals surface area contributed by atoms with Crippen LogP contribution in [-0.4, -0.2) is 62.0 Å². The average Bonchev–Trinajstić information content (AvgIpc) is 3.47. The Labute approximate surface area is 263 Å². The maximum Gasteiger partial charge on any atom is 0.251 e. The third-order valence-corrected chi connectivity index (χ3v) is 8.60. The van der Waals surface area contributed by atoms with Crippen LogP contribution in [0, 0.1) is 6.92 Å². The van der Waals surface area contributed by atoms with E-state index >= 15 is 0 Å². The Balaban J connectivity index is 1.61. The zero-order chi connectivity index (χ0) is 32.6. The van der Waals surface area contributed by atoms with E-state index in [1.54, 1.807) is 24.9 Å². The third-order valence-electron chi connectivity index (χ3n) is 7.29. The number of carbonyl (C=O) groups is 2. The number of nitrogens with one attached hydrogen (secondary N) is 3. The van der Waals surface area contributed by atoms with Crippen molar-refractivity contribution in [3.8, 4) is 0 Å². The van der Waals surface area contributed by atoms with Gasteiger partial charge in [0.1, 0.15) is 0 Å². The summed E-state index contributed by atoms with van der Waals surface area (Å²) in [7, 11) is -1.97. The summed E-state index contributed by atoms with van der Waals surface area (Å²) in [6.45, 7) is 5.23. The van der Waals surface area contributed by atoms with Crippen molar-refractivity contribution in [1.29, 1.82) is 0 Å². The summed E-state index contributed by atoms with van der Waals surface area (Å²) in [4.78, 5) is 28.8. The average molecular weight is 634 g/mol. The van der Waals surface area contributed by atoms with E-state index in [1.807, 2.05) is 67.6 Å². The molecule has 3 aromatic carbocycles. The van der Waals surface area contributed by atoms with Crippen LogP contribution < -0.4 is 20.3 Å². The van der Waals surface area contributed by atoms with Gasteiger partial charge in [-0.25, -0.2) is 8.42 Å². The van der Waals surface area contributed by atoms with Gasteiger partial charge < -0.3 is 25.2 Å². The topological polar surface area (TPSA) is 154 Å². The SMILES string of the molecule is CCS(=O)(=O)Nc1cc(C(=O)N[C@@H](Cc2ccccc2)[C@H](O)CN(C)c2cc(C)no2)cc(C(=O)N[C@H](C)c2ccccc2)c1. The molecule has 12 heteroatoms. The Morgan fingerprint density at radius 2 is 1.53 bits per heavy atom. The molecule has 0 bridgehead atoms. The van der Waals surface area contributed by atoms with Crippen LogP contribution in [0.15, 0.2) is 89.5 Å². The van der Waals surface area contributed by atoms with E-state index in [0.29, 0.717) is 18.0 Å². The second-order valence-corrected chi connectivity index (χ2v) is 12.9. The summed E-state index contributed by atoms with van der Waals surface area (Å²) in [6, 6.07) is 23.6. The van der Waals surface area contributed by atoms with Crippen molar-refractivity contribution in [3.05, 3.63) is 113 Å². The molecule has 1 heterocycles. The fourth-order valence-corrected chi connectivity index (χ4v) is 5.36. The molecule has 0 saturated heterocycles. The molecule has 45 heavy (non-hydrogen) atoms. The molecular weight excluding hydrogens is 594 g/mol. The first-order valence-corrected chi connectivity index (χ1v) is 16.3. The predicted octanol–water partition coefficient (Wildman–Crippen LogP) is 4.07. The molecule has 0 spiro atoms. The van der Waals surface area contributed by atoms with Gasteiger partial charge in [0.05, 0.1) is 35.3 Å². The van der Waals surface area contributed by atoms with Gasteiger partial charge in [-0.2, -0.15) is 0 Å². The fraction of sp³-hybridized carbons (Fsp3) is 0.303. The highest BCUT2D eigenvalue weighted by molar-refractivity contribution is 7.92. The molecule has 4 aromatic rings. The first-order valence-electron chi connectivity index (χ1n) is 14.6. The maximum absolute atomic E-state index is 13.7. The number of carbonyl (C=O) groups excluding carboxylic acids is 2. The van der Waals surface area contributed by atoms with Crippen LogP contribution in [-0.2, 0) is 16.4 Å². The van der Waals surface area contributed by atoms with Crippen molar-refractivity contribution in [3.63, 3.8) is 0 Å². The Kier molecular flexibility index (Phi) is 11.0. The lowest BCUT2D eigenvalue weighted by Crippen LogP contribution is -2.49. The number of sulfonamides is 1. The van der Waals surface area contributed by atoms with Crippen molar-refractivity contribution in [1.82, 2.24) is 15.8 Å². The number of aliphatic hydroxyl groups is 1. The van der Waals surface area contributed by atoms with Crippen molar-refractivity contribution in [2.75, 3.05) is 29.0 Å². The largest absolute Gasteiger partial charge is 0.389 e. The van der Waals surface area contributed by atoms with Gasteiger partial charge in [0, 0.05) is 30.8 Å². The second-order valence-electron chi connectivity index (χ2n) is 10.9. The molecule has 4 N–H and O–H groups in total. The number of likely N-dealkylation sites (N-methyl/N-ethyl adjacent to an activating group) is 1. The van der Waals surface area contributed by atoms with E-state index in [0.717, 1.165) is 11.1 Å². The fourth-order valence-electron chi connectivity index (χ4n) is 4.74. The molecule has 0 radical (unpaired) electrons. The highest BCUT2D eigenvalue weighted by Crippen LogP contribution is 2.20. The van der Waals surface area contributed by atoms with Gasteiger partial charge in [-0.3, -0.25) is 14.3 Å². The molecular formula is C33H39N5O6S. The lowest BCUT2D eigenvalue weighted by molar-refractivity contribution is 0.0842. The van der Waals surface area contributed by atoms with Crippen LogP contribution in [0.3, 0.4) is 0 Å². The van der Waals surface area contributed by atoms with Crippen LogP contribution >= 0.6 is 0 Å². The van der Waals surface area contributed by atoms with Gasteiger partial charge in [-0.05, 0) is 56.5 Å². The number of aryl methyl sites for hydroxylation is 1. The molecule has 0 aliphatic carbocycles. The smallest absolute Gasteiger partial charge is 0.251 e. The first kappa shape index (κ1) is 33.2. The van der Waals surface area contributed by atoms with Crippen LogP contribution in [0.5, 0.6) is 0 Å². The predicted molar refractivity (Wildman–Crippen MR) is 174 cm³/mol. The summed E-state index contributed by atoms with van der Waals surface area (Å²) in [5.41, 5.74) is 2.68. The van der Waals surface area contributed by atoms with Gasteiger partial charge in [-0.1, -0.05) is 65.8 Å². The number of rotatable bonds is 14. The Morgan fingerprint density at radius 1 is 0.933 bits per heavy atom. The number of hydrogen-bond donors (Lipinski definition) is 4. The monoisotopic (exact) mass is 633 g/mol. The normalized spacial score (nSPS) is 13.4. The minimum atomic E-state index is -3.71. The highest BCUT2D eigenvalue weighted by atomic mass is 32.2. The number of anilines is 2. The van der Waals surface area contributed by atoms with Crippen LogP contribution in [0.25, 0.3) is 0 Å². The van der Waals surface area contributed by atoms with Crippen molar-refractivity contribution < 1.29 is 27.6 Å². The summed E-state index contributed by atoms with van der Waals surface area (Å²) in [6.07, 6.45) is -0.734. The second kappa shape index (κ2) is 14.9. The lowest BCUT2D eigenvalue weighted by atomic mass is 9.99. The van der Waals surface area contributed by atoms with Crippen LogP contribution in [0.4, 0.5) is 11.6 Å². The molecule has 3 atom stereocenters. The van der Waals surface area contributed by atoms with Gasteiger partial charge in [-0.15, -0.1) is 0 Å². The van der Waals surface area contributed by atoms with E-state index in [4.69, 9.17) is 4.52 Å². The molecule has 0 fully saturated rings. The van der Waals surface area contributed by atoms with Gasteiger partial charge in [0.25, 0.3) is 11.8 Å². The molecule has 238 valence electrons. The van der Waals surface area contributed by atoms with Crippen molar-refractivity contribution >= 4 is 33.4 Å². The molecule has 0 aliphatic heterocycles. The Hall–Kier alpha value is -4.68. The van der Waals surface area contributed by atoms with Gasteiger partial charge in [0.2, 0.25) is 15.9 Å². The molecule has 0 saturated carbocycles. The first-order chi connectivity index (χ1) is 21.4. The number of hydrogen-bond acceptors (Lipinski definition) is 8. The number of nitrogens with zero attached hydrogens (tertiary/aromatic N) is 2. The number of benzene rings is 3. The Bertz CT molecular complexity index is 1700. The molecule has 11 nitrogen and oxygen atoms in total. The number of aromatic nitrogens is 1. The number of amides is 2. The number of aliphatic hydroxyl groups excluding tert-OH is 1. The zero-order valence-electron chi connectivity index (χ0n) is 25.7. The molecule has 2 amide bonds. The lowest BCUT2D eigenvalue weighted by Gasteiger charge is -2.28. The van der Waals surface area contributed by atoms with Crippen LogP contribution in [0.1, 0.15) is 57.4 Å². The maximum atomic E-state index is 13.7. The summed E-state index contributed by atoms with van der Waals surface area (Å²) >= 11 is 0. The van der Waals surface area contributed by atoms with Crippen LogP contribution in [0.2, 0.25) is 0 Å². The molecule has 1 aromatic heterocycles. The van der Waals surface area contributed by atoms with E-state index in [1.165, 1.54) is 25.1 Å². The highest BCUT2D eigenvalue weighted by Gasteiger charge is 2.26. The van der Waals surface area contributed by atoms with Crippen molar-refractivity contribution in [2.45, 2.75) is 45.4 Å². The van der Waals surface area contributed by atoms with Gasteiger partial charge in [0.15, 0.2) is 0 Å². The van der Waals surface area contributed by atoms with E-state index in [-0.39, 0.29) is 35.2 Å². The Morgan fingerprint density at radius 3 is 2.11 bits per heavy atom.